The van der Waals surface area contributed by atoms with Gasteiger partial charge in [0.25, 0.3) is 0 Å². The maximum atomic E-state index is 5.52. The highest BCUT2D eigenvalue weighted by Crippen LogP contribution is 2.39. The SMILES string of the molecule is COc1ccc(/C=N\N2CCN(Cc3ccc(C)cc3)CC2)c(OC)c1OC. The Labute approximate surface area is 167 Å². The lowest BCUT2D eigenvalue weighted by Gasteiger charge is -2.33. The third kappa shape index (κ3) is 4.75. The molecule has 28 heavy (non-hydrogen) atoms. The molecule has 6 heteroatoms. The molecule has 1 heterocycles. The lowest BCUT2D eigenvalue weighted by atomic mass is 10.1. The Hall–Kier alpha value is -2.73. The molecule has 1 saturated heterocycles. The molecule has 0 saturated carbocycles. The van der Waals surface area contributed by atoms with E-state index in [1.807, 2.05) is 18.3 Å². The number of methoxy groups -OCH3 is 3. The first-order valence-corrected chi connectivity index (χ1v) is 9.50. The summed E-state index contributed by atoms with van der Waals surface area (Å²) in [6, 6.07) is 12.6. The largest absolute Gasteiger partial charge is 0.493 e. The van der Waals surface area contributed by atoms with Crippen molar-refractivity contribution in [1.82, 2.24) is 9.91 Å². The van der Waals surface area contributed by atoms with E-state index in [1.165, 1.54) is 11.1 Å². The standard InChI is InChI=1S/C22H29N3O3/c1-17-5-7-18(8-6-17)16-24-11-13-25(14-12-24)23-15-19-9-10-20(26-2)22(28-4)21(19)27-3/h5-10,15H,11-14,16H2,1-4H3/b23-15-. The lowest BCUT2D eigenvalue weighted by molar-refractivity contribution is 0.131. The van der Waals surface area contributed by atoms with E-state index in [-0.39, 0.29) is 0 Å². The Morgan fingerprint density at radius 3 is 2.14 bits per heavy atom. The molecule has 2 aromatic rings. The van der Waals surface area contributed by atoms with Crippen molar-refractivity contribution in [3.8, 4) is 17.2 Å². The summed E-state index contributed by atoms with van der Waals surface area (Å²) in [4.78, 5) is 2.47. The molecule has 1 aliphatic rings. The number of nitrogens with zero attached hydrogens (tertiary/aromatic N) is 3. The highest BCUT2D eigenvalue weighted by molar-refractivity contribution is 5.86. The van der Waals surface area contributed by atoms with Crippen LogP contribution in [0.15, 0.2) is 41.5 Å². The monoisotopic (exact) mass is 383 g/mol. The molecular weight excluding hydrogens is 354 g/mol. The van der Waals surface area contributed by atoms with E-state index in [0.29, 0.717) is 17.2 Å². The van der Waals surface area contributed by atoms with Crippen LogP contribution < -0.4 is 14.2 Å². The molecule has 0 radical (unpaired) electrons. The van der Waals surface area contributed by atoms with Crippen LogP contribution in [0.5, 0.6) is 17.2 Å². The van der Waals surface area contributed by atoms with Crippen LogP contribution in [0.2, 0.25) is 0 Å². The second-order valence-electron chi connectivity index (χ2n) is 6.88. The fourth-order valence-electron chi connectivity index (χ4n) is 3.33. The van der Waals surface area contributed by atoms with Crippen LogP contribution in [-0.4, -0.2) is 63.6 Å². The van der Waals surface area contributed by atoms with Gasteiger partial charge in [0.2, 0.25) is 5.75 Å². The van der Waals surface area contributed by atoms with Gasteiger partial charge in [-0.25, -0.2) is 0 Å². The van der Waals surface area contributed by atoms with Gasteiger partial charge in [0.05, 0.1) is 27.5 Å². The van der Waals surface area contributed by atoms with Crippen LogP contribution in [0.1, 0.15) is 16.7 Å². The second kappa shape index (κ2) is 9.46. The summed E-state index contributed by atoms with van der Waals surface area (Å²) < 4.78 is 16.3. The molecule has 0 bridgehead atoms. The molecule has 1 fully saturated rings. The molecule has 150 valence electrons. The molecule has 0 unspecified atom stereocenters. The number of hydrogen-bond acceptors (Lipinski definition) is 6. The summed E-state index contributed by atoms with van der Waals surface area (Å²) >= 11 is 0. The Morgan fingerprint density at radius 2 is 1.54 bits per heavy atom. The Kier molecular flexibility index (Phi) is 6.76. The van der Waals surface area contributed by atoms with Gasteiger partial charge in [-0.1, -0.05) is 29.8 Å². The second-order valence-corrected chi connectivity index (χ2v) is 6.88. The first-order valence-electron chi connectivity index (χ1n) is 9.50. The normalized spacial score (nSPS) is 15.1. The van der Waals surface area contributed by atoms with Crippen LogP contribution in [0.4, 0.5) is 0 Å². The zero-order valence-corrected chi connectivity index (χ0v) is 17.1. The lowest BCUT2D eigenvalue weighted by Crippen LogP contribution is -2.43. The van der Waals surface area contributed by atoms with E-state index in [2.05, 4.69) is 46.2 Å². The smallest absolute Gasteiger partial charge is 0.203 e. The van der Waals surface area contributed by atoms with Crippen molar-refractivity contribution in [3.05, 3.63) is 53.1 Å². The van der Waals surface area contributed by atoms with E-state index < -0.39 is 0 Å². The summed E-state index contributed by atoms with van der Waals surface area (Å²) in [6.07, 6.45) is 1.83. The van der Waals surface area contributed by atoms with Crippen LogP contribution in [0.25, 0.3) is 0 Å². The van der Waals surface area contributed by atoms with E-state index in [9.17, 15) is 0 Å². The number of rotatable bonds is 7. The van der Waals surface area contributed by atoms with Crippen molar-refractivity contribution < 1.29 is 14.2 Å². The zero-order valence-electron chi connectivity index (χ0n) is 17.1. The fourth-order valence-corrected chi connectivity index (χ4v) is 3.33. The number of aryl methyl sites for hydroxylation is 1. The number of ether oxygens (including phenoxy) is 3. The minimum absolute atomic E-state index is 0.580. The number of piperazine rings is 1. The molecule has 0 amide bonds. The summed E-state index contributed by atoms with van der Waals surface area (Å²) in [7, 11) is 4.84. The van der Waals surface area contributed by atoms with Crippen molar-refractivity contribution in [2.24, 2.45) is 5.10 Å². The number of hydrogen-bond donors (Lipinski definition) is 0. The molecule has 0 aliphatic carbocycles. The van der Waals surface area contributed by atoms with Gasteiger partial charge in [-0.3, -0.25) is 9.91 Å². The van der Waals surface area contributed by atoms with E-state index in [0.717, 1.165) is 38.3 Å². The van der Waals surface area contributed by atoms with Crippen molar-refractivity contribution >= 4 is 6.21 Å². The molecule has 0 spiro atoms. The maximum Gasteiger partial charge on any atom is 0.203 e. The first kappa shape index (κ1) is 20.0. The minimum atomic E-state index is 0.580. The summed E-state index contributed by atoms with van der Waals surface area (Å²) in [5, 5.41) is 6.75. The van der Waals surface area contributed by atoms with Gasteiger partial charge in [0.15, 0.2) is 11.5 Å². The summed E-state index contributed by atoms with van der Waals surface area (Å²) in [5.41, 5.74) is 3.52. The molecule has 0 N–H and O–H groups in total. The maximum absolute atomic E-state index is 5.52. The fraction of sp³-hybridized carbons (Fsp3) is 0.409. The first-order chi connectivity index (χ1) is 13.6. The van der Waals surface area contributed by atoms with Crippen LogP contribution >= 0.6 is 0 Å². The number of hydrazone groups is 1. The van der Waals surface area contributed by atoms with Gasteiger partial charge in [-0.2, -0.15) is 5.10 Å². The van der Waals surface area contributed by atoms with E-state index in [4.69, 9.17) is 14.2 Å². The van der Waals surface area contributed by atoms with Gasteiger partial charge < -0.3 is 14.2 Å². The van der Waals surface area contributed by atoms with Crippen LogP contribution in [0.3, 0.4) is 0 Å². The van der Waals surface area contributed by atoms with Crippen molar-refractivity contribution in [2.45, 2.75) is 13.5 Å². The summed E-state index contributed by atoms with van der Waals surface area (Å²) in [5.74, 6) is 1.85. The Morgan fingerprint density at radius 1 is 0.857 bits per heavy atom. The topological polar surface area (TPSA) is 46.5 Å². The molecule has 0 aromatic heterocycles. The van der Waals surface area contributed by atoms with E-state index in [1.54, 1.807) is 21.3 Å². The molecule has 6 nitrogen and oxygen atoms in total. The molecule has 1 aliphatic heterocycles. The van der Waals surface area contributed by atoms with E-state index >= 15 is 0 Å². The van der Waals surface area contributed by atoms with Crippen LogP contribution in [0, 0.1) is 6.92 Å². The summed E-state index contributed by atoms with van der Waals surface area (Å²) in [6.45, 7) is 6.90. The quantitative estimate of drug-likeness (QED) is 0.688. The van der Waals surface area contributed by atoms with Crippen molar-refractivity contribution in [2.75, 3.05) is 47.5 Å². The van der Waals surface area contributed by atoms with Gasteiger partial charge in [-0.05, 0) is 24.6 Å². The Bertz CT molecular complexity index is 797. The highest BCUT2D eigenvalue weighted by Gasteiger charge is 2.17. The van der Waals surface area contributed by atoms with Gasteiger partial charge in [-0.15, -0.1) is 0 Å². The molecular formula is C22H29N3O3. The molecule has 3 rings (SSSR count). The molecule has 0 atom stereocenters. The Balaban J connectivity index is 1.60. The van der Waals surface area contributed by atoms with Crippen molar-refractivity contribution in [1.29, 1.82) is 0 Å². The predicted octanol–water partition coefficient (Wildman–Crippen LogP) is 3.17. The average Bonchev–Trinajstić information content (AvgIpc) is 2.74. The third-order valence-corrected chi connectivity index (χ3v) is 4.97. The minimum Gasteiger partial charge on any atom is -0.493 e. The average molecular weight is 383 g/mol. The third-order valence-electron chi connectivity index (χ3n) is 4.97. The van der Waals surface area contributed by atoms with Crippen molar-refractivity contribution in [3.63, 3.8) is 0 Å². The van der Waals surface area contributed by atoms with Gasteiger partial charge in [0, 0.05) is 38.3 Å². The van der Waals surface area contributed by atoms with Gasteiger partial charge in [0.1, 0.15) is 0 Å². The zero-order chi connectivity index (χ0) is 19.9. The molecule has 2 aromatic carbocycles. The highest BCUT2D eigenvalue weighted by atomic mass is 16.5. The van der Waals surface area contributed by atoms with Crippen LogP contribution in [-0.2, 0) is 6.54 Å². The predicted molar refractivity (Wildman–Crippen MR) is 112 cm³/mol. The van der Waals surface area contributed by atoms with Gasteiger partial charge >= 0.3 is 0 Å². The number of benzene rings is 2.